The molecule has 0 aromatic rings. The van der Waals surface area contributed by atoms with Gasteiger partial charge in [-0.05, 0) is 37.5 Å². The second kappa shape index (κ2) is 13.3. The lowest BCUT2D eigenvalue weighted by molar-refractivity contribution is -0.148. The number of carboxylic acid groups (broad SMARTS) is 1. The van der Waals surface area contributed by atoms with E-state index < -0.39 is 18.0 Å². The van der Waals surface area contributed by atoms with Crippen molar-refractivity contribution in [2.45, 2.75) is 71.3 Å². The van der Waals surface area contributed by atoms with Crippen molar-refractivity contribution in [3.8, 4) is 0 Å². The predicted molar refractivity (Wildman–Crippen MR) is 108 cm³/mol. The van der Waals surface area contributed by atoms with Crippen LogP contribution >= 0.6 is 0 Å². The van der Waals surface area contributed by atoms with Crippen LogP contribution in [0.3, 0.4) is 0 Å². The van der Waals surface area contributed by atoms with Gasteiger partial charge in [-0.25, -0.2) is 4.79 Å². The van der Waals surface area contributed by atoms with Crippen LogP contribution in [0.2, 0.25) is 0 Å². The fourth-order valence-corrected chi connectivity index (χ4v) is 3.15. The van der Waals surface area contributed by atoms with Gasteiger partial charge in [0.25, 0.3) is 0 Å². The van der Waals surface area contributed by atoms with Gasteiger partial charge in [0, 0.05) is 17.8 Å². The molecule has 0 amide bonds. The molecule has 4 heteroatoms. The number of hydrogen-bond acceptors (Lipinski definition) is 3. The number of carboxylic acids is 1. The average Bonchev–Trinajstić information content (AvgIpc) is 2.99. The summed E-state index contributed by atoms with van der Waals surface area (Å²) in [5.74, 6) is -1.62. The second-order valence-corrected chi connectivity index (χ2v) is 7.35. The Bertz CT molecular complexity index is 581. The number of aliphatic hydroxyl groups excluding tert-OH is 1. The number of hydrogen-bond donors (Lipinski definition) is 2. The van der Waals surface area contributed by atoms with Crippen molar-refractivity contribution in [3.05, 3.63) is 42.2 Å². The van der Waals surface area contributed by atoms with E-state index >= 15 is 0 Å². The monoisotopic (exact) mass is 374 g/mol. The van der Waals surface area contributed by atoms with Crippen LogP contribution in [0.25, 0.3) is 0 Å². The van der Waals surface area contributed by atoms with Crippen molar-refractivity contribution < 1.29 is 19.8 Å². The Morgan fingerprint density at radius 2 is 1.96 bits per heavy atom. The molecular formula is C23H34O4. The summed E-state index contributed by atoms with van der Waals surface area (Å²) in [4.78, 5) is 22.8. The summed E-state index contributed by atoms with van der Waals surface area (Å²) < 4.78 is 0. The third kappa shape index (κ3) is 9.03. The number of aliphatic carboxylic acids is 1. The highest BCUT2D eigenvalue weighted by Crippen LogP contribution is 2.27. The Balaban J connectivity index is 2.41. The molecule has 0 fully saturated rings. The molecule has 0 spiro atoms. The highest BCUT2D eigenvalue weighted by Gasteiger charge is 2.26. The van der Waals surface area contributed by atoms with Crippen molar-refractivity contribution in [2.75, 3.05) is 0 Å². The summed E-state index contributed by atoms with van der Waals surface area (Å²) in [5, 5.41) is 18.2. The Morgan fingerprint density at radius 1 is 1.26 bits per heavy atom. The summed E-state index contributed by atoms with van der Waals surface area (Å²) in [6.07, 6.45) is 19.1. The molecule has 150 valence electrons. The second-order valence-electron chi connectivity index (χ2n) is 7.35. The molecule has 0 saturated heterocycles. The zero-order valence-corrected chi connectivity index (χ0v) is 16.6. The van der Waals surface area contributed by atoms with Crippen molar-refractivity contribution in [2.24, 2.45) is 17.8 Å². The van der Waals surface area contributed by atoms with Crippen LogP contribution in [0, 0.1) is 17.8 Å². The molecule has 0 aromatic carbocycles. The van der Waals surface area contributed by atoms with Gasteiger partial charge in [-0.2, -0.15) is 0 Å². The van der Waals surface area contributed by atoms with E-state index in [2.05, 4.69) is 24.8 Å². The number of rotatable bonds is 13. The summed E-state index contributed by atoms with van der Waals surface area (Å²) in [6, 6.07) is 0. The lowest BCUT2D eigenvalue weighted by Gasteiger charge is -2.12. The minimum absolute atomic E-state index is 0.105. The lowest BCUT2D eigenvalue weighted by atomic mass is 9.91. The van der Waals surface area contributed by atoms with Gasteiger partial charge >= 0.3 is 5.97 Å². The molecule has 1 rings (SSSR count). The van der Waals surface area contributed by atoms with Gasteiger partial charge in [0.05, 0.1) is 0 Å². The molecular weight excluding hydrogens is 340 g/mol. The van der Waals surface area contributed by atoms with Gasteiger partial charge in [0.15, 0.2) is 11.9 Å². The quantitative estimate of drug-likeness (QED) is 0.275. The minimum Gasteiger partial charge on any atom is -0.479 e. The van der Waals surface area contributed by atoms with Crippen LogP contribution in [0.15, 0.2) is 42.2 Å². The van der Waals surface area contributed by atoms with E-state index in [0.717, 1.165) is 6.42 Å². The number of allylic oxidation sites excluding steroid dienone is 4. The first-order chi connectivity index (χ1) is 13.0. The molecule has 27 heavy (non-hydrogen) atoms. The maximum Gasteiger partial charge on any atom is 0.333 e. The molecule has 0 aromatic heterocycles. The molecule has 0 bridgehead atoms. The van der Waals surface area contributed by atoms with Crippen LogP contribution in [-0.2, 0) is 9.59 Å². The number of aliphatic hydroxyl groups is 1. The van der Waals surface area contributed by atoms with Crippen molar-refractivity contribution in [3.63, 3.8) is 0 Å². The first-order valence-electron chi connectivity index (χ1n) is 10.2. The maximum absolute atomic E-state index is 12.0. The topological polar surface area (TPSA) is 74.6 Å². The van der Waals surface area contributed by atoms with Crippen LogP contribution in [0.1, 0.15) is 65.2 Å². The zero-order valence-electron chi connectivity index (χ0n) is 16.6. The Labute approximate surface area is 163 Å². The Kier molecular flexibility index (Phi) is 11.4. The van der Waals surface area contributed by atoms with E-state index in [-0.39, 0.29) is 17.6 Å². The van der Waals surface area contributed by atoms with E-state index in [1.54, 1.807) is 19.1 Å². The first-order valence-corrected chi connectivity index (χ1v) is 10.2. The molecule has 2 N–H and O–H groups in total. The van der Waals surface area contributed by atoms with Gasteiger partial charge < -0.3 is 10.2 Å². The number of ketones is 1. The molecule has 1 aliphatic carbocycles. The van der Waals surface area contributed by atoms with Gasteiger partial charge in [0.2, 0.25) is 0 Å². The molecule has 1 aliphatic rings. The van der Waals surface area contributed by atoms with Gasteiger partial charge in [-0.3, -0.25) is 4.79 Å². The van der Waals surface area contributed by atoms with Crippen molar-refractivity contribution in [1.82, 2.24) is 0 Å². The van der Waals surface area contributed by atoms with E-state index in [9.17, 15) is 14.7 Å². The van der Waals surface area contributed by atoms with Crippen LogP contribution in [0.4, 0.5) is 0 Å². The average molecular weight is 375 g/mol. The van der Waals surface area contributed by atoms with Crippen LogP contribution < -0.4 is 0 Å². The summed E-state index contributed by atoms with van der Waals surface area (Å²) in [5.41, 5.74) is 2.91. The largest absolute Gasteiger partial charge is 0.479 e. The molecule has 2 unspecified atom stereocenters. The van der Waals surface area contributed by atoms with E-state index in [0.29, 0.717) is 6.42 Å². The zero-order chi connectivity index (χ0) is 20.1. The highest BCUT2D eigenvalue weighted by atomic mass is 16.4. The van der Waals surface area contributed by atoms with Crippen molar-refractivity contribution in [1.29, 1.82) is 0 Å². The Morgan fingerprint density at radius 3 is 2.67 bits per heavy atom. The summed E-state index contributed by atoms with van der Waals surface area (Å²) >= 11 is 0. The Hall–Kier alpha value is -1.90. The van der Waals surface area contributed by atoms with E-state index in [4.69, 9.17) is 5.11 Å². The van der Waals surface area contributed by atoms with Crippen molar-refractivity contribution >= 4 is 11.8 Å². The minimum atomic E-state index is -1.43. The number of carbonyl (C=O) groups excluding carboxylic acids is 1. The molecule has 4 nitrogen and oxygen atoms in total. The lowest BCUT2D eigenvalue weighted by Crippen LogP contribution is -2.25. The van der Waals surface area contributed by atoms with Gasteiger partial charge in [-0.1, -0.05) is 64.2 Å². The highest BCUT2D eigenvalue weighted by molar-refractivity contribution is 5.95. The maximum atomic E-state index is 12.0. The third-order valence-corrected chi connectivity index (χ3v) is 5.00. The SMILES string of the molecule is CCCCCCCCC=C[C@H]1C=CC(=O)[C@@H]1CC=C=CC(C)C(O)C(=O)O. The number of unbranched alkanes of at least 4 members (excludes halogenated alkanes) is 6. The van der Waals surface area contributed by atoms with Gasteiger partial charge in [-0.15, -0.1) is 5.73 Å². The molecule has 0 radical (unpaired) electrons. The van der Waals surface area contributed by atoms with E-state index in [1.807, 2.05) is 6.08 Å². The fourth-order valence-electron chi connectivity index (χ4n) is 3.15. The smallest absolute Gasteiger partial charge is 0.333 e. The summed E-state index contributed by atoms with van der Waals surface area (Å²) in [7, 11) is 0. The molecule has 0 saturated carbocycles. The van der Waals surface area contributed by atoms with Gasteiger partial charge in [0.1, 0.15) is 0 Å². The summed E-state index contributed by atoms with van der Waals surface area (Å²) in [6.45, 7) is 3.84. The molecule has 0 aliphatic heterocycles. The third-order valence-electron chi connectivity index (χ3n) is 5.00. The molecule has 0 heterocycles. The van der Waals surface area contributed by atoms with E-state index in [1.165, 1.54) is 44.6 Å². The number of carbonyl (C=O) groups is 2. The van der Waals surface area contributed by atoms with Crippen LogP contribution in [0.5, 0.6) is 0 Å². The molecule has 4 atom stereocenters. The van der Waals surface area contributed by atoms with Crippen LogP contribution in [-0.4, -0.2) is 28.1 Å². The fraction of sp³-hybridized carbons (Fsp3) is 0.609. The normalized spacial score (nSPS) is 21.2. The first kappa shape index (κ1) is 23.1. The predicted octanol–water partition coefficient (Wildman–Crippen LogP) is 4.85. The standard InChI is InChI=1S/C23H34O4/c1-3-4-5-6-7-8-9-10-14-19-16-17-21(24)20(19)15-12-11-13-18(2)22(25)23(26)27/h10,12-14,16-20,22,25H,3-9,15H2,1-2H3,(H,26,27)/t11?,18?,19-,20+,22?/m0/s1.